The third-order valence-electron chi connectivity index (χ3n) is 3.68. The first-order valence-electron chi connectivity index (χ1n) is 6.59. The lowest BCUT2D eigenvalue weighted by Crippen LogP contribution is -2.40. The highest BCUT2D eigenvalue weighted by Crippen LogP contribution is 2.37. The number of nitrogens with zero attached hydrogens (tertiary/aromatic N) is 1. The molecule has 0 radical (unpaired) electrons. The molecule has 0 aromatic rings. The number of hydrogen-bond acceptors (Lipinski definition) is 3. The molecule has 1 aliphatic rings. The number of thiol groups is 1. The van der Waals surface area contributed by atoms with Crippen molar-refractivity contribution in [2.75, 3.05) is 39.1 Å². The molecule has 0 spiro atoms. The van der Waals surface area contributed by atoms with Gasteiger partial charge in [0.05, 0.1) is 6.61 Å². The monoisotopic (exact) mass is 245 g/mol. The minimum Gasteiger partial charge on any atom is -0.380 e. The van der Waals surface area contributed by atoms with Crippen LogP contribution in [-0.2, 0) is 4.74 Å². The van der Waals surface area contributed by atoms with E-state index in [0.717, 1.165) is 25.5 Å². The quantitative estimate of drug-likeness (QED) is 0.547. The molecule has 0 saturated heterocycles. The van der Waals surface area contributed by atoms with Gasteiger partial charge in [-0.1, -0.05) is 19.3 Å². The molecule has 0 aromatic heterocycles. The second-order valence-corrected chi connectivity index (χ2v) is 5.47. The van der Waals surface area contributed by atoms with Crippen LogP contribution in [-0.4, -0.2) is 44.0 Å². The van der Waals surface area contributed by atoms with E-state index in [-0.39, 0.29) is 0 Å². The van der Waals surface area contributed by atoms with Crippen molar-refractivity contribution in [2.24, 2.45) is 5.41 Å². The molecule has 16 heavy (non-hydrogen) atoms. The van der Waals surface area contributed by atoms with Gasteiger partial charge in [0.25, 0.3) is 0 Å². The lowest BCUT2D eigenvalue weighted by Gasteiger charge is -2.39. The summed E-state index contributed by atoms with van der Waals surface area (Å²) in [6.45, 7) is 5.96. The third-order valence-corrected chi connectivity index (χ3v) is 4.35. The van der Waals surface area contributed by atoms with E-state index in [9.17, 15) is 0 Å². The Morgan fingerprint density at radius 3 is 2.50 bits per heavy atom. The van der Waals surface area contributed by atoms with Crippen LogP contribution in [0.5, 0.6) is 0 Å². The van der Waals surface area contributed by atoms with Gasteiger partial charge in [-0.25, -0.2) is 0 Å². The van der Waals surface area contributed by atoms with Crippen LogP contribution in [0, 0.1) is 5.41 Å². The van der Waals surface area contributed by atoms with Gasteiger partial charge in [0.2, 0.25) is 0 Å². The van der Waals surface area contributed by atoms with Crippen molar-refractivity contribution in [3.8, 4) is 0 Å². The number of ether oxygens (including phenoxy) is 1. The van der Waals surface area contributed by atoms with Crippen molar-refractivity contribution in [2.45, 2.75) is 39.0 Å². The maximum Gasteiger partial charge on any atom is 0.0593 e. The second kappa shape index (κ2) is 7.57. The van der Waals surface area contributed by atoms with Crippen molar-refractivity contribution in [3.63, 3.8) is 0 Å². The Morgan fingerprint density at radius 2 is 1.94 bits per heavy atom. The maximum atomic E-state index is 5.40. The van der Waals surface area contributed by atoms with E-state index < -0.39 is 0 Å². The second-order valence-electron chi connectivity index (χ2n) is 5.15. The van der Waals surface area contributed by atoms with Crippen LogP contribution in [0.25, 0.3) is 0 Å². The van der Waals surface area contributed by atoms with E-state index in [1.807, 2.05) is 0 Å². The van der Waals surface area contributed by atoms with Crippen molar-refractivity contribution in [1.29, 1.82) is 0 Å². The van der Waals surface area contributed by atoms with Gasteiger partial charge in [-0.2, -0.15) is 12.6 Å². The van der Waals surface area contributed by atoms with Gasteiger partial charge in [0.1, 0.15) is 0 Å². The van der Waals surface area contributed by atoms with Crippen LogP contribution in [0.2, 0.25) is 0 Å². The summed E-state index contributed by atoms with van der Waals surface area (Å²) in [4.78, 5) is 2.41. The summed E-state index contributed by atoms with van der Waals surface area (Å²) in [5, 5.41) is 0. The highest BCUT2D eigenvalue weighted by Gasteiger charge is 2.31. The number of likely N-dealkylation sites (N-methyl/N-ethyl adjacent to an activating group) is 1. The van der Waals surface area contributed by atoms with E-state index in [2.05, 4.69) is 31.5 Å². The molecular formula is C13H27NOS. The van der Waals surface area contributed by atoms with Crippen LogP contribution in [0.4, 0.5) is 0 Å². The molecule has 0 aliphatic heterocycles. The first-order valence-corrected chi connectivity index (χ1v) is 7.23. The average molecular weight is 245 g/mol. The Hall–Kier alpha value is 0.270. The van der Waals surface area contributed by atoms with E-state index in [1.54, 1.807) is 0 Å². The zero-order valence-electron chi connectivity index (χ0n) is 10.9. The van der Waals surface area contributed by atoms with E-state index >= 15 is 0 Å². The predicted molar refractivity (Wildman–Crippen MR) is 73.4 cm³/mol. The van der Waals surface area contributed by atoms with E-state index in [4.69, 9.17) is 4.74 Å². The molecule has 0 unspecified atom stereocenters. The Bertz CT molecular complexity index is 181. The zero-order chi connectivity index (χ0) is 11.9. The molecule has 0 heterocycles. The molecule has 2 nitrogen and oxygen atoms in total. The Morgan fingerprint density at radius 1 is 1.25 bits per heavy atom. The lowest BCUT2D eigenvalue weighted by atomic mass is 9.75. The van der Waals surface area contributed by atoms with Crippen molar-refractivity contribution in [1.82, 2.24) is 4.90 Å². The third kappa shape index (κ3) is 4.64. The molecule has 0 bridgehead atoms. The standard InChI is InChI=1S/C13H27NOS/c1-3-15-10-9-14(2)11-13(12-16)7-5-4-6-8-13/h16H,3-12H2,1-2H3. The summed E-state index contributed by atoms with van der Waals surface area (Å²) in [7, 11) is 2.21. The Balaban J connectivity index is 2.30. The molecule has 1 rings (SSSR count). The minimum absolute atomic E-state index is 0.475. The molecule has 1 fully saturated rings. The summed E-state index contributed by atoms with van der Waals surface area (Å²) in [5.74, 6) is 1.03. The summed E-state index contributed by atoms with van der Waals surface area (Å²) < 4.78 is 5.40. The van der Waals surface area contributed by atoms with Crippen LogP contribution in [0.1, 0.15) is 39.0 Å². The van der Waals surface area contributed by atoms with Gasteiger partial charge in [-0.15, -0.1) is 0 Å². The highest BCUT2D eigenvalue weighted by molar-refractivity contribution is 7.80. The highest BCUT2D eigenvalue weighted by atomic mass is 32.1. The first kappa shape index (κ1) is 14.3. The van der Waals surface area contributed by atoms with Crippen molar-refractivity contribution in [3.05, 3.63) is 0 Å². The Labute approximate surface area is 106 Å². The summed E-state index contributed by atoms with van der Waals surface area (Å²) in [6.07, 6.45) is 6.91. The molecular weight excluding hydrogens is 218 g/mol. The summed E-state index contributed by atoms with van der Waals surface area (Å²) in [5.41, 5.74) is 0.475. The van der Waals surface area contributed by atoms with Crippen molar-refractivity contribution < 1.29 is 4.74 Å². The van der Waals surface area contributed by atoms with Gasteiger partial charge >= 0.3 is 0 Å². The summed E-state index contributed by atoms with van der Waals surface area (Å²) in [6, 6.07) is 0. The smallest absolute Gasteiger partial charge is 0.0593 e. The van der Waals surface area contributed by atoms with Crippen LogP contribution < -0.4 is 0 Å². The molecule has 0 aromatic carbocycles. The van der Waals surface area contributed by atoms with Gasteiger partial charge in [0, 0.05) is 19.7 Å². The fraction of sp³-hybridized carbons (Fsp3) is 1.00. The van der Waals surface area contributed by atoms with Crippen molar-refractivity contribution >= 4 is 12.6 Å². The molecule has 0 amide bonds. The molecule has 0 atom stereocenters. The van der Waals surface area contributed by atoms with Crippen LogP contribution >= 0.6 is 12.6 Å². The average Bonchev–Trinajstić information content (AvgIpc) is 2.30. The maximum absolute atomic E-state index is 5.40. The van der Waals surface area contributed by atoms with E-state index in [1.165, 1.54) is 38.6 Å². The number of rotatable bonds is 7. The fourth-order valence-electron chi connectivity index (χ4n) is 2.68. The van der Waals surface area contributed by atoms with Gasteiger partial charge < -0.3 is 9.64 Å². The molecule has 96 valence electrons. The number of hydrogen-bond donors (Lipinski definition) is 1. The molecule has 1 aliphatic carbocycles. The van der Waals surface area contributed by atoms with E-state index in [0.29, 0.717) is 5.41 Å². The summed E-state index contributed by atoms with van der Waals surface area (Å²) >= 11 is 4.58. The predicted octanol–water partition coefficient (Wildman–Crippen LogP) is 2.84. The van der Waals surface area contributed by atoms with Gasteiger partial charge in [-0.3, -0.25) is 0 Å². The fourth-order valence-corrected chi connectivity index (χ4v) is 3.10. The molecule has 0 N–H and O–H groups in total. The SMILES string of the molecule is CCOCCN(C)CC1(CS)CCCCC1. The normalized spacial score (nSPS) is 20.2. The minimum atomic E-state index is 0.475. The van der Waals surface area contributed by atoms with Gasteiger partial charge in [-0.05, 0) is 38.0 Å². The molecule has 3 heteroatoms. The molecule has 1 saturated carbocycles. The largest absolute Gasteiger partial charge is 0.380 e. The van der Waals surface area contributed by atoms with Gasteiger partial charge in [0.15, 0.2) is 0 Å². The van der Waals surface area contributed by atoms with Crippen LogP contribution in [0.15, 0.2) is 0 Å². The first-order chi connectivity index (χ1) is 7.72. The topological polar surface area (TPSA) is 12.5 Å². The zero-order valence-corrected chi connectivity index (χ0v) is 11.8. The lowest BCUT2D eigenvalue weighted by molar-refractivity contribution is 0.0924. The Kier molecular flexibility index (Phi) is 6.78. The van der Waals surface area contributed by atoms with Crippen LogP contribution in [0.3, 0.4) is 0 Å².